The minimum absolute atomic E-state index is 0.0397. The maximum atomic E-state index is 13.4. The third kappa shape index (κ3) is 3.84. The number of aryl methyl sites for hydroxylation is 1. The Balaban J connectivity index is 1.87. The highest BCUT2D eigenvalue weighted by molar-refractivity contribution is 8.00. The molecule has 0 saturated heterocycles. The van der Waals surface area contributed by atoms with Crippen LogP contribution in [0.5, 0.6) is 0 Å². The van der Waals surface area contributed by atoms with Gasteiger partial charge in [0.2, 0.25) is 5.91 Å². The molecule has 1 heterocycles. The van der Waals surface area contributed by atoms with Gasteiger partial charge in [-0.2, -0.15) is 5.10 Å². The lowest BCUT2D eigenvalue weighted by molar-refractivity contribution is -0.127. The van der Waals surface area contributed by atoms with Crippen LogP contribution in [0.3, 0.4) is 0 Å². The Hall–Kier alpha value is -1.82. The van der Waals surface area contributed by atoms with E-state index >= 15 is 0 Å². The van der Waals surface area contributed by atoms with Crippen LogP contribution in [0.4, 0.5) is 4.39 Å². The predicted molar refractivity (Wildman–Crippen MR) is 76.8 cm³/mol. The molecule has 1 aromatic heterocycles. The number of amides is 1. The topological polar surface area (TPSA) is 38.1 Å². The van der Waals surface area contributed by atoms with Crippen LogP contribution in [0.15, 0.2) is 41.6 Å². The molecule has 0 aliphatic heterocycles. The zero-order valence-corrected chi connectivity index (χ0v) is 12.2. The average molecular weight is 293 g/mol. The van der Waals surface area contributed by atoms with E-state index < -0.39 is 0 Å². The monoisotopic (exact) mass is 293 g/mol. The molecule has 1 aromatic carbocycles. The van der Waals surface area contributed by atoms with Gasteiger partial charge in [-0.3, -0.25) is 9.48 Å². The molecule has 106 valence electrons. The molecular formula is C14H16FN3OS. The van der Waals surface area contributed by atoms with Gasteiger partial charge in [0, 0.05) is 37.3 Å². The lowest BCUT2D eigenvalue weighted by atomic mass is 10.3. The minimum atomic E-state index is -0.291. The van der Waals surface area contributed by atoms with Crippen LogP contribution in [-0.2, 0) is 18.4 Å². The number of rotatable bonds is 5. The highest BCUT2D eigenvalue weighted by Gasteiger charge is 2.12. The third-order valence-electron chi connectivity index (χ3n) is 2.79. The van der Waals surface area contributed by atoms with Crippen molar-refractivity contribution in [1.29, 1.82) is 0 Å². The van der Waals surface area contributed by atoms with Crippen LogP contribution in [0.1, 0.15) is 5.56 Å². The lowest BCUT2D eigenvalue weighted by Crippen LogP contribution is -2.27. The van der Waals surface area contributed by atoms with Crippen LogP contribution in [0, 0.1) is 5.82 Å². The molecule has 0 aliphatic carbocycles. The summed E-state index contributed by atoms with van der Waals surface area (Å²) in [7, 11) is 3.57. The molecule has 0 radical (unpaired) electrons. The largest absolute Gasteiger partial charge is 0.341 e. The van der Waals surface area contributed by atoms with Crippen molar-refractivity contribution < 1.29 is 9.18 Å². The Morgan fingerprint density at radius 2 is 2.20 bits per heavy atom. The number of hydrogen-bond donors (Lipinski definition) is 0. The molecule has 6 heteroatoms. The van der Waals surface area contributed by atoms with Gasteiger partial charge < -0.3 is 4.90 Å². The van der Waals surface area contributed by atoms with E-state index in [1.807, 2.05) is 13.2 Å². The van der Waals surface area contributed by atoms with E-state index in [4.69, 9.17) is 0 Å². The first-order valence-electron chi connectivity index (χ1n) is 6.15. The van der Waals surface area contributed by atoms with E-state index in [2.05, 4.69) is 5.10 Å². The van der Waals surface area contributed by atoms with Gasteiger partial charge in [-0.1, -0.05) is 12.1 Å². The number of carbonyl (C=O) groups excluding carboxylic acids is 1. The SMILES string of the molecule is CN(Cc1cnn(C)c1)C(=O)CSc1ccccc1F. The molecule has 0 spiro atoms. The molecule has 0 atom stereocenters. The first kappa shape index (κ1) is 14.6. The van der Waals surface area contributed by atoms with Crippen LogP contribution in [0.25, 0.3) is 0 Å². The van der Waals surface area contributed by atoms with E-state index in [0.717, 1.165) is 5.56 Å². The van der Waals surface area contributed by atoms with Gasteiger partial charge in [-0.15, -0.1) is 11.8 Å². The molecule has 0 aliphatic rings. The highest BCUT2D eigenvalue weighted by atomic mass is 32.2. The number of nitrogens with zero attached hydrogens (tertiary/aromatic N) is 3. The van der Waals surface area contributed by atoms with E-state index in [9.17, 15) is 9.18 Å². The van der Waals surface area contributed by atoms with Gasteiger partial charge in [0.1, 0.15) is 5.82 Å². The maximum absolute atomic E-state index is 13.4. The average Bonchev–Trinajstić information content (AvgIpc) is 2.82. The first-order chi connectivity index (χ1) is 9.56. The second-order valence-electron chi connectivity index (χ2n) is 4.49. The zero-order valence-electron chi connectivity index (χ0n) is 11.4. The molecule has 2 aromatic rings. The Morgan fingerprint density at radius 1 is 1.45 bits per heavy atom. The fourth-order valence-corrected chi connectivity index (χ4v) is 2.61. The highest BCUT2D eigenvalue weighted by Crippen LogP contribution is 2.21. The van der Waals surface area contributed by atoms with Crippen molar-refractivity contribution in [3.63, 3.8) is 0 Å². The number of carbonyl (C=O) groups is 1. The molecule has 20 heavy (non-hydrogen) atoms. The summed E-state index contributed by atoms with van der Waals surface area (Å²) in [6.45, 7) is 0.504. The molecule has 0 unspecified atom stereocenters. The van der Waals surface area contributed by atoms with Crippen molar-refractivity contribution in [2.24, 2.45) is 7.05 Å². The summed E-state index contributed by atoms with van der Waals surface area (Å²) in [5.74, 6) is -0.111. The van der Waals surface area contributed by atoms with E-state index in [0.29, 0.717) is 11.4 Å². The van der Waals surface area contributed by atoms with Gasteiger partial charge in [-0.25, -0.2) is 4.39 Å². The number of halogens is 1. The summed E-state index contributed by atoms with van der Waals surface area (Å²) in [6.07, 6.45) is 3.60. The van der Waals surface area contributed by atoms with Gasteiger partial charge in [0.05, 0.1) is 11.9 Å². The fraction of sp³-hybridized carbons (Fsp3) is 0.286. The van der Waals surface area contributed by atoms with Crippen molar-refractivity contribution in [2.75, 3.05) is 12.8 Å². The summed E-state index contributed by atoms with van der Waals surface area (Å²) in [6, 6.07) is 6.46. The normalized spacial score (nSPS) is 10.6. The van der Waals surface area contributed by atoms with E-state index in [-0.39, 0.29) is 17.5 Å². The smallest absolute Gasteiger partial charge is 0.232 e. The maximum Gasteiger partial charge on any atom is 0.232 e. The van der Waals surface area contributed by atoms with E-state index in [1.165, 1.54) is 17.8 Å². The molecule has 1 amide bonds. The summed E-state index contributed by atoms with van der Waals surface area (Å²) in [5.41, 5.74) is 0.972. The minimum Gasteiger partial charge on any atom is -0.341 e. The second kappa shape index (κ2) is 6.56. The van der Waals surface area contributed by atoms with Crippen LogP contribution < -0.4 is 0 Å². The van der Waals surface area contributed by atoms with Crippen molar-refractivity contribution in [2.45, 2.75) is 11.4 Å². The summed E-state index contributed by atoms with van der Waals surface area (Å²) in [4.78, 5) is 14.1. The number of benzene rings is 1. The van der Waals surface area contributed by atoms with Crippen LogP contribution in [-0.4, -0.2) is 33.4 Å². The molecule has 2 rings (SSSR count). The van der Waals surface area contributed by atoms with Crippen molar-refractivity contribution in [3.05, 3.63) is 48.0 Å². The van der Waals surface area contributed by atoms with Crippen molar-refractivity contribution >= 4 is 17.7 Å². The molecule has 0 saturated carbocycles. The van der Waals surface area contributed by atoms with Crippen LogP contribution in [0.2, 0.25) is 0 Å². The van der Waals surface area contributed by atoms with E-state index in [1.54, 1.807) is 41.0 Å². The zero-order chi connectivity index (χ0) is 14.5. The fourth-order valence-electron chi connectivity index (χ4n) is 1.73. The quantitative estimate of drug-likeness (QED) is 0.794. The van der Waals surface area contributed by atoms with Gasteiger partial charge in [-0.05, 0) is 12.1 Å². The third-order valence-corrected chi connectivity index (χ3v) is 3.83. The predicted octanol–water partition coefficient (Wildman–Crippen LogP) is 2.31. The van der Waals surface area contributed by atoms with Crippen molar-refractivity contribution in [3.8, 4) is 0 Å². The summed E-state index contributed by atoms with van der Waals surface area (Å²) >= 11 is 1.21. The molecule has 0 N–H and O–H groups in total. The number of hydrogen-bond acceptors (Lipinski definition) is 3. The Kier molecular flexibility index (Phi) is 4.79. The molecule has 0 fully saturated rings. The molecule has 4 nitrogen and oxygen atoms in total. The van der Waals surface area contributed by atoms with Crippen molar-refractivity contribution in [1.82, 2.24) is 14.7 Å². The standard InChI is InChI=1S/C14H16FN3OS/c1-17(8-11-7-16-18(2)9-11)14(19)10-20-13-6-4-3-5-12(13)15/h3-7,9H,8,10H2,1-2H3. The van der Waals surface area contributed by atoms with Crippen LogP contribution >= 0.6 is 11.8 Å². The number of thioether (sulfide) groups is 1. The molecule has 0 bridgehead atoms. The second-order valence-corrected chi connectivity index (χ2v) is 5.51. The number of aromatic nitrogens is 2. The Morgan fingerprint density at radius 3 is 2.85 bits per heavy atom. The van der Waals surface area contributed by atoms with Gasteiger partial charge >= 0.3 is 0 Å². The van der Waals surface area contributed by atoms with Gasteiger partial charge in [0.15, 0.2) is 0 Å². The Bertz CT molecular complexity index is 600. The first-order valence-corrected chi connectivity index (χ1v) is 7.13. The lowest BCUT2D eigenvalue weighted by Gasteiger charge is -2.16. The Labute approximate surface area is 121 Å². The summed E-state index contributed by atoms with van der Waals surface area (Å²) in [5, 5.41) is 4.06. The van der Waals surface area contributed by atoms with Gasteiger partial charge in [0.25, 0.3) is 0 Å². The summed E-state index contributed by atoms with van der Waals surface area (Å²) < 4.78 is 15.1. The molecular weight excluding hydrogens is 277 g/mol.